The number of aromatic amines is 1. The fraction of sp³-hybridized carbons (Fsp3) is 0.478. The third kappa shape index (κ3) is 6.21. The molecule has 2 aliphatic rings. The number of nitrogens with two attached hydrogens (primary N) is 1. The maximum atomic E-state index is 13.1. The number of thiazole rings is 1. The zero-order valence-corrected chi connectivity index (χ0v) is 23.4. The van der Waals surface area contributed by atoms with Gasteiger partial charge in [0.15, 0.2) is 10.3 Å². The Bertz CT molecular complexity index is 1400. The van der Waals surface area contributed by atoms with Crippen molar-refractivity contribution in [3.05, 3.63) is 43.2 Å². The van der Waals surface area contributed by atoms with E-state index in [1.807, 2.05) is 0 Å². The topological polar surface area (TPSA) is 164 Å². The van der Waals surface area contributed by atoms with Crippen molar-refractivity contribution in [2.75, 3.05) is 43.6 Å². The van der Waals surface area contributed by atoms with Crippen molar-refractivity contribution in [2.45, 2.75) is 33.1 Å². The molecule has 5 rings (SSSR count). The average Bonchev–Trinajstić information content (AvgIpc) is 3.22. The molecule has 38 heavy (non-hydrogen) atoms. The van der Waals surface area contributed by atoms with Crippen LogP contribution in [0.1, 0.15) is 45.3 Å². The number of ether oxygens (including phenoxy) is 1. The van der Waals surface area contributed by atoms with Gasteiger partial charge in [-0.15, -0.1) is 0 Å². The summed E-state index contributed by atoms with van der Waals surface area (Å²) in [5.74, 6) is 1.09. The molecule has 5 N–H and O–H groups in total. The average molecular weight is 578 g/mol. The smallest absolute Gasteiger partial charge is 0.271 e. The molecule has 0 atom stereocenters. The van der Waals surface area contributed by atoms with Crippen LogP contribution in [-0.2, 0) is 11.2 Å². The summed E-state index contributed by atoms with van der Waals surface area (Å²) in [7, 11) is 0. The van der Waals surface area contributed by atoms with Crippen LogP contribution in [0.5, 0.6) is 0 Å². The lowest BCUT2D eigenvalue weighted by molar-refractivity contribution is 0.102. The number of anilines is 3. The lowest BCUT2D eigenvalue weighted by Gasteiger charge is -2.10. The first kappa shape index (κ1) is 26.7. The van der Waals surface area contributed by atoms with Crippen LogP contribution in [0.15, 0.2) is 9.79 Å². The molecule has 1 amide bonds. The third-order valence-corrected chi connectivity index (χ3v) is 8.35. The highest BCUT2D eigenvalue weighted by Crippen LogP contribution is 2.33. The quantitative estimate of drug-likeness (QED) is 0.161. The van der Waals surface area contributed by atoms with Crippen molar-refractivity contribution >= 4 is 62.0 Å². The van der Waals surface area contributed by atoms with Crippen molar-refractivity contribution in [3.8, 4) is 0 Å². The second kappa shape index (κ2) is 11.5. The first-order valence-corrected chi connectivity index (χ1v) is 14.2. The predicted octanol–water partition coefficient (Wildman–Crippen LogP) is 2.90. The van der Waals surface area contributed by atoms with Crippen molar-refractivity contribution in [2.24, 2.45) is 16.6 Å². The highest BCUT2D eigenvalue weighted by Gasteiger charge is 2.25. The summed E-state index contributed by atoms with van der Waals surface area (Å²) in [5, 5.41) is 7.07. The molecule has 0 unspecified atom stereocenters. The monoisotopic (exact) mass is 577 g/mol. The molecule has 202 valence electrons. The van der Waals surface area contributed by atoms with Crippen molar-refractivity contribution in [1.82, 2.24) is 24.2 Å². The van der Waals surface area contributed by atoms with Gasteiger partial charge >= 0.3 is 0 Å². The number of hydrogen-bond donors (Lipinski definition) is 4. The lowest BCUT2D eigenvalue weighted by Crippen LogP contribution is -2.26. The van der Waals surface area contributed by atoms with Crippen LogP contribution in [0.25, 0.3) is 0 Å². The summed E-state index contributed by atoms with van der Waals surface area (Å²) in [6.07, 6.45) is 3.18. The highest BCUT2D eigenvalue weighted by molar-refractivity contribution is 7.18. The van der Waals surface area contributed by atoms with Gasteiger partial charge in [-0.05, 0) is 44.1 Å². The fourth-order valence-electron chi connectivity index (χ4n) is 3.98. The van der Waals surface area contributed by atoms with Crippen LogP contribution in [0.2, 0.25) is 5.15 Å². The minimum absolute atomic E-state index is 0.136. The number of amidine groups is 1. The number of H-pyrrole nitrogens is 1. The van der Waals surface area contributed by atoms with Crippen molar-refractivity contribution in [3.63, 3.8) is 0 Å². The molecule has 3 aromatic heterocycles. The standard InChI is InChI=1S/C23H28ClN9O3S2/c1-11-16(18(24)29-14(27-11)9-13-3-4-13)30-21(35)17-12(2)28-23(37-17)31-22-15(20(34)32-38-22)19(25)26-5-6-33-7-8-36-10-33/h13H,3-10H2,1-2H3,(H2,25,26)(H,28,31)(H,30,35)(H,32,34). The number of aromatic nitrogens is 4. The first-order chi connectivity index (χ1) is 18.3. The number of halogens is 1. The molecule has 1 aliphatic heterocycles. The van der Waals surface area contributed by atoms with Gasteiger partial charge in [0.1, 0.15) is 32.8 Å². The Balaban J connectivity index is 1.27. The van der Waals surface area contributed by atoms with Gasteiger partial charge in [-0.2, -0.15) is 0 Å². The van der Waals surface area contributed by atoms with Gasteiger partial charge < -0.3 is 21.1 Å². The van der Waals surface area contributed by atoms with E-state index in [1.54, 1.807) is 13.8 Å². The van der Waals surface area contributed by atoms with E-state index in [2.05, 4.69) is 39.9 Å². The van der Waals surface area contributed by atoms with E-state index in [1.165, 1.54) is 12.8 Å². The lowest BCUT2D eigenvalue weighted by atomic mass is 10.2. The van der Waals surface area contributed by atoms with E-state index in [0.717, 1.165) is 35.8 Å². The second-order valence-corrected chi connectivity index (χ2v) is 11.4. The number of hydrogen-bond acceptors (Lipinski definition) is 11. The molecule has 4 heterocycles. The van der Waals surface area contributed by atoms with Crippen LogP contribution < -0.4 is 21.9 Å². The summed E-state index contributed by atoms with van der Waals surface area (Å²) < 4.78 is 8.00. The van der Waals surface area contributed by atoms with Crippen LogP contribution in [0.3, 0.4) is 0 Å². The molecule has 1 saturated heterocycles. The fourth-order valence-corrected chi connectivity index (χ4v) is 5.93. The number of aryl methyl sites for hydroxylation is 2. The zero-order valence-electron chi connectivity index (χ0n) is 21.0. The number of carbonyl (C=O) groups is 1. The Morgan fingerprint density at radius 1 is 1.29 bits per heavy atom. The first-order valence-electron chi connectivity index (χ1n) is 12.2. The van der Waals surface area contributed by atoms with Gasteiger partial charge in [-0.25, -0.2) is 15.0 Å². The number of rotatable bonds is 10. The van der Waals surface area contributed by atoms with Crippen LogP contribution in [0.4, 0.5) is 15.8 Å². The Kier molecular flexibility index (Phi) is 8.04. The molecule has 0 bridgehead atoms. The molecule has 15 heteroatoms. The summed E-state index contributed by atoms with van der Waals surface area (Å²) >= 11 is 8.63. The zero-order chi connectivity index (χ0) is 26.8. The Morgan fingerprint density at radius 3 is 2.82 bits per heavy atom. The molecule has 0 radical (unpaired) electrons. The SMILES string of the molecule is Cc1nc(Nc2s[nH]c(=O)c2C(N)=NCCN2CCOC2)sc1C(=O)Nc1c(C)nc(CC2CC2)nc1Cl. The number of amides is 1. The summed E-state index contributed by atoms with van der Waals surface area (Å²) in [6, 6.07) is 0. The Labute approximate surface area is 231 Å². The van der Waals surface area contributed by atoms with Gasteiger partial charge in [0.25, 0.3) is 11.5 Å². The van der Waals surface area contributed by atoms with E-state index < -0.39 is 0 Å². The molecule has 0 spiro atoms. The third-order valence-electron chi connectivity index (χ3n) is 6.20. The molecular weight excluding hydrogens is 550 g/mol. The molecular formula is C23H28ClN9O3S2. The van der Waals surface area contributed by atoms with Gasteiger partial charge in [0.05, 0.1) is 31.3 Å². The minimum atomic E-state index is -0.369. The molecule has 2 fully saturated rings. The van der Waals surface area contributed by atoms with E-state index in [9.17, 15) is 9.59 Å². The van der Waals surface area contributed by atoms with Gasteiger partial charge in [0, 0.05) is 19.5 Å². The molecule has 0 aromatic carbocycles. The van der Waals surface area contributed by atoms with Gasteiger partial charge in [0.2, 0.25) is 0 Å². The van der Waals surface area contributed by atoms with E-state index in [-0.39, 0.29) is 28.0 Å². The summed E-state index contributed by atoms with van der Waals surface area (Å²) in [5.41, 5.74) is 7.58. The number of nitrogens with one attached hydrogen (secondary N) is 3. The van der Waals surface area contributed by atoms with Crippen molar-refractivity contribution < 1.29 is 9.53 Å². The number of nitrogens with zero attached hydrogens (tertiary/aromatic N) is 5. The predicted molar refractivity (Wildman–Crippen MR) is 149 cm³/mol. The highest BCUT2D eigenvalue weighted by atomic mass is 35.5. The summed E-state index contributed by atoms with van der Waals surface area (Å²) in [4.78, 5) is 45.8. The van der Waals surface area contributed by atoms with Gasteiger partial charge in [-0.1, -0.05) is 22.9 Å². The van der Waals surface area contributed by atoms with Crippen molar-refractivity contribution in [1.29, 1.82) is 0 Å². The second-order valence-electron chi connectivity index (χ2n) is 9.21. The minimum Gasteiger partial charge on any atom is -0.383 e. The largest absolute Gasteiger partial charge is 0.383 e. The van der Waals surface area contributed by atoms with Gasteiger partial charge in [-0.3, -0.25) is 23.9 Å². The molecule has 12 nitrogen and oxygen atoms in total. The number of aliphatic imine (C=N–C) groups is 1. The van der Waals surface area contributed by atoms with Crippen LogP contribution in [0, 0.1) is 19.8 Å². The van der Waals surface area contributed by atoms with Crippen LogP contribution >= 0.6 is 34.5 Å². The normalized spacial score (nSPS) is 16.2. The Morgan fingerprint density at radius 2 is 2.11 bits per heavy atom. The molecule has 3 aromatic rings. The Hall–Kier alpha value is -2.91. The summed E-state index contributed by atoms with van der Waals surface area (Å²) in [6.45, 7) is 6.80. The molecule has 1 aliphatic carbocycles. The number of carbonyl (C=O) groups excluding carboxylic acids is 1. The molecule has 1 saturated carbocycles. The van der Waals surface area contributed by atoms with E-state index in [0.29, 0.717) is 70.3 Å². The van der Waals surface area contributed by atoms with Crippen LogP contribution in [-0.4, -0.2) is 68.9 Å². The van der Waals surface area contributed by atoms with E-state index in [4.69, 9.17) is 22.1 Å². The van der Waals surface area contributed by atoms with E-state index >= 15 is 0 Å². The maximum Gasteiger partial charge on any atom is 0.271 e. The maximum absolute atomic E-state index is 13.1.